The van der Waals surface area contributed by atoms with Crippen molar-refractivity contribution in [3.8, 4) is 0 Å². The third-order valence-corrected chi connectivity index (χ3v) is 3.19. The molecule has 0 aromatic rings. The topological polar surface area (TPSA) is 89.9 Å². The molecule has 0 aliphatic carbocycles. The SMILES string of the molecule is CN1C(=O)CCC(NCC(C)(CO)CO)C1=O. The van der Waals surface area contributed by atoms with E-state index in [9.17, 15) is 9.59 Å². The molecule has 1 aliphatic heterocycles. The van der Waals surface area contributed by atoms with E-state index in [-0.39, 0.29) is 25.0 Å². The zero-order valence-electron chi connectivity index (χ0n) is 10.3. The van der Waals surface area contributed by atoms with Crippen LogP contribution in [-0.2, 0) is 9.59 Å². The van der Waals surface area contributed by atoms with Gasteiger partial charge >= 0.3 is 0 Å². The summed E-state index contributed by atoms with van der Waals surface area (Å²) in [6, 6.07) is -0.407. The van der Waals surface area contributed by atoms with Crippen molar-refractivity contribution < 1.29 is 19.8 Å². The van der Waals surface area contributed by atoms with Gasteiger partial charge in [-0.3, -0.25) is 14.5 Å². The quantitative estimate of drug-likeness (QED) is 0.524. The monoisotopic (exact) mass is 244 g/mol. The minimum Gasteiger partial charge on any atom is -0.396 e. The van der Waals surface area contributed by atoms with Crippen LogP contribution in [0, 0.1) is 5.41 Å². The highest BCUT2D eigenvalue weighted by atomic mass is 16.3. The number of aliphatic hydroxyl groups is 2. The molecule has 2 amide bonds. The number of piperidine rings is 1. The Labute approximate surface area is 101 Å². The number of aliphatic hydroxyl groups excluding tert-OH is 2. The van der Waals surface area contributed by atoms with Gasteiger partial charge in [0.15, 0.2) is 0 Å². The van der Waals surface area contributed by atoms with Crippen LogP contribution in [-0.4, -0.2) is 59.8 Å². The van der Waals surface area contributed by atoms with Crippen molar-refractivity contribution in [2.75, 3.05) is 26.8 Å². The Morgan fingerprint density at radius 2 is 2.00 bits per heavy atom. The van der Waals surface area contributed by atoms with Gasteiger partial charge < -0.3 is 15.5 Å². The highest BCUT2D eigenvalue weighted by Crippen LogP contribution is 2.16. The van der Waals surface area contributed by atoms with Gasteiger partial charge in [-0.1, -0.05) is 6.92 Å². The van der Waals surface area contributed by atoms with Crippen LogP contribution in [0.4, 0.5) is 0 Å². The standard InChI is InChI=1S/C11H20N2O4/c1-11(6-14,7-15)5-12-8-3-4-9(16)13(2)10(8)17/h8,12,14-15H,3-7H2,1-2H3. The van der Waals surface area contributed by atoms with Gasteiger partial charge in [-0.2, -0.15) is 0 Å². The fraction of sp³-hybridized carbons (Fsp3) is 0.818. The number of carbonyl (C=O) groups is 2. The smallest absolute Gasteiger partial charge is 0.246 e. The van der Waals surface area contributed by atoms with Crippen LogP contribution >= 0.6 is 0 Å². The second-order valence-corrected chi connectivity index (χ2v) is 4.89. The number of hydrogen-bond donors (Lipinski definition) is 3. The van der Waals surface area contributed by atoms with E-state index in [0.29, 0.717) is 19.4 Å². The van der Waals surface area contributed by atoms with E-state index in [1.54, 1.807) is 6.92 Å². The van der Waals surface area contributed by atoms with Gasteiger partial charge in [-0.05, 0) is 6.42 Å². The summed E-state index contributed by atoms with van der Waals surface area (Å²) in [7, 11) is 1.47. The van der Waals surface area contributed by atoms with Gasteiger partial charge in [0.05, 0.1) is 19.3 Å². The van der Waals surface area contributed by atoms with Crippen molar-refractivity contribution in [1.82, 2.24) is 10.2 Å². The highest BCUT2D eigenvalue weighted by Gasteiger charge is 2.33. The Hall–Kier alpha value is -0.980. The predicted octanol–water partition coefficient (Wildman–Crippen LogP) is -1.29. The van der Waals surface area contributed by atoms with Crippen molar-refractivity contribution in [3.05, 3.63) is 0 Å². The lowest BCUT2D eigenvalue weighted by molar-refractivity contribution is -0.148. The number of imide groups is 1. The first kappa shape index (κ1) is 14.1. The van der Waals surface area contributed by atoms with Crippen molar-refractivity contribution >= 4 is 11.8 Å². The first-order valence-corrected chi connectivity index (χ1v) is 5.69. The highest BCUT2D eigenvalue weighted by molar-refractivity contribution is 6.00. The Bertz CT molecular complexity index is 302. The maximum absolute atomic E-state index is 11.7. The van der Waals surface area contributed by atoms with Crippen LogP contribution < -0.4 is 5.32 Å². The average Bonchev–Trinajstić information content (AvgIpc) is 2.35. The third kappa shape index (κ3) is 3.24. The fourth-order valence-electron chi connectivity index (χ4n) is 1.64. The summed E-state index contributed by atoms with van der Waals surface area (Å²) in [4.78, 5) is 24.1. The molecule has 0 aromatic heterocycles. The Morgan fingerprint density at radius 3 is 2.53 bits per heavy atom. The molecule has 17 heavy (non-hydrogen) atoms. The molecule has 1 heterocycles. The molecular formula is C11H20N2O4. The summed E-state index contributed by atoms with van der Waals surface area (Å²) in [5, 5.41) is 21.3. The first-order valence-electron chi connectivity index (χ1n) is 5.69. The molecule has 1 fully saturated rings. The van der Waals surface area contributed by atoms with Crippen LogP contribution in [0.2, 0.25) is 0 Å². The van der Waals surface area contributed by atoms with Gasteiger partial charge in [0.2, 0.25) is 11.8 Å². The molecular weight excluding hydrogens is 224 g/mol. The van der Waals surface area contributed by atoms with Crippen molar-refractivity contribution in [3.63, 3.8) is 0 Å². The zero-order chi connectivity index (χ0) is 13.1. The van der Waals surface area contributed by atoms with Crippen LogP contribution in [0.5, 0.6) is 0 Å². The van der Waals surface area contributed by atoms with Gasteiger partial charge in [0.25, 0.3) is 0 Å². The molecule has 6 heteroatoms. The molecule has 0 radical (unpaired) electrons. The number of nitrogens with zero attached hydrogens (tertiary/aromatic N) is 1. The molecule has 1 saturated heterocycles. The van der Waals surface area contributed by atoms with E-state index >= 15 is 0 Å². The number of amides is 2. The van der Waals surface area contributed by atoms with Gasteiger partial charge in [-0.25, -0.2) is 0 Å². The number of nitrogens with one attached hydrogen (secondary N) is 1. The molecule has 0 aromatic carbocycles. The molecule has 1 atom stereocenters. The molecule has 0 bridgehead atoms. The van der Waals surface area contributed by atoms with E-state index < -0.39 is 11.5 Å². The second-order valence-electron chi connectivity index (χ2n) is 4.89. The van der Waals surface area contributed by atoms with Gasteiger partial charge in [0.1, 0.15) is 0 Å². The van der Waals surface area contributed by atoms with Crippen LogP contribution in [0.25, 0.3) is 0 Å². The average molecular weight is 244 g/mol. The summed E-state index contributed by atoms with van der Waals surface area (Å²) in [5.74, 6) is -0.417. The second kappa shape index (κ2) is 5.57. The van der Waals surface area contributed by atoms with Crippen molar-refractivity contribution in [2.24, 2.45) is 5.41 Å². The van der Waals surface area contributed by atoms with Gasteiger partial charge in [0, 0.05) is 25.4 Å². The molecule has 1 rings (SSSR count). The largest absolute Gasteiger partial charge is 0.396 e. The Morgan fingerprint density at radius 1 is 1.41 bits per heavy atom. The molecule has 0 saturated carbocycles. The van der Waals surface area contributed by atoms with Crippen LogP contribution in [0.3, 0.4) is 0 Å². The molecule has 1 unspecified atom stereocenters. The Balaban J connectivity index is 2.53. The molecule has 98 valence electrons. The van der Waals surface area contributed by atoms with Crippen molar-refractivity contribution in [1.29, 1.82) is 0 Å². The number of rotatable bonds is 5. The predicted molar refractivity (Wildman–Crippen MR) is 61.1 cm³/mol. The number of hydrogen-bond acceptors (Lipinski definition) is 5. The molecule has 3 N–H and O–H groups in total. The number of likely N-dealkylation sites (N-methyl/N-ethyl adjacent to an activating group) is 1. The minimum absolute atomic E-state index is 0.161. The van der Waals surface area contributed by atoms with Gasteiger partial charge in [-0.15, -0.1) is 0 Å². The summed E-state index contributed by atoms with van der Waals surface area (Å²) in [6.45, 7) is 1.74. The van der Waals surface area contributed by atoms with Crippen LogP contribution in [0.15, 0.2) is 0 Å². The number of carbonyl (C=O) groups excluding carboxylic acids is 2. The maximum Gasteiger partial charge on any atom is 0.246 e. The molecule has 1 aliphatic rings. The lowest BCUT2D eigenvalue weighted by Gasteiger charge is -2.32. The van der Waals surface area contributed by atoms with E-state index in [0.717, 1.165) is 4.90 Å². The molecule has 6 nitrogen and oxygen atoms in total. The lowest BCUT2D eigenvalue weighted by Crippen LogP contribution is -2.54. The summed E-state index contributed by atoms with van der Waals surface area (Å²) < 4.78 is 0. The normalized spacial score (nSPS) is 22.1. The lowest BCUT2D eigenvalue weighted by atomic mass is 9.92. The van der Waals surface area contributed by atoms with E-state index in [4.69, 9.17) is 10.2 Å². The maximum atomic E-state index is 11.7. The van der Waals surface area contributed by atoms with E-state index in [1.807, 2.05) is 0 Å². The zero-order valence-corrected chi connectivity index (χ0v) is 10.3. The summed E-state index contributed by atoms with van der Waals surface area (Å²) >= 11 is 0. The van der Waals surface area contributed by atoms with Crippen LogP contribution in [0.1, 0.15) is 19.8 Å². The summed E-state index contributed by atoms with van der Waals surface area (Å²) in [6.07, 6.45) is 0.809. The van der Waals surface area contributed by atoms with E-state index in [1.165, 1.54) is 7.05 Å². The Kier molecular flexibility index (Phi) is 4.62. The first-order chi connectivity index (χ1) is 7.93. The number of likely N-dealkylation sites (tertiary alicyclic amines) is 1. The van der Waals surface area contributed by atoms with Crippen molar-refractivity contribution in [2.45, 2.75) is 25.8 Å². The third-order valence-electron chi connectivity index (χ3n) is 3.19. The van der Waals surface area contributed by atoms with E-state index in [2.05, 4.69) is 5.32 Å². The fourth-order valence-corrected chi connectivity index (χ4v) is 1.64. The molecule has 0 spiro atoms. The summed E-state index contributed by atoms with van der Waals surface area (Å²) in [5.41, 5.74) is -0.652. The minimum atomic E-state index is -0.652.